The molecule has 0 fully saturated rings. The molecule has 4 aromatic rings. The van der Waals surface area contributed by atoms with Crippen molar-refractivity contribution in [2.24, 2.45) is 0 Å². The average Bonchev–Trinajstić information content (AvgIpc) is 3.11. The molecule has 0 saturated carbocycles. The third-order valence-electron chi connectivity index (χ3n) is 4.31. The fourth-order valence-electron chi connectivity index (χ4n) is 2.82. The Morgan fingerprint density at radius 1 is 1.00 bits per heavy atom. The van der Waals surface area contributed by atoms with Gasteiger partial charge in [0.25, 0.3) is 0 Å². The average molecular weight is 343 g/mol. The topological polar surface area (TPSA) is 45.5 Å². The predicted octanol–water partition coefficient (Wildman–Crippen LogP) is 4.07. The highest BCUT2D eigenvalue weighted by Gasteiger charge is 2.04. The highest BCUT2D eigenvalue weighted by atomic mass is 15.1. The van der Waals surface area contributed by atoms with Crippen molar-refractivity contribution < 1.29 is 0 Å². The molecule has 26 heavy (non-hydrogen) atoms. The number of nitrogens with one attached hydrogen (secondary N) is 1. The van der Waals surface area contributed by atoms with Gasteiger partial charge < -0.3 is 14.6 Å². The predicted molar refractivity (Wildman–Crippen MR) is 107 cm³/mol. The van der Waals surface area contributed by atoms with E-state index in [0.29, 0.717) is 0 Å². The highest BCUT2D eigenvalue weighted by Crippen LogP contribution is 2.21. The zero-order valence-electron chi connectivity index (χ0n) is 14.9. The van der Waals surface area contributed by atoms with Gasteiger partial charge in [-0.3, -0.25) is 0 Å². The Labute approximate surface area is 153 Å². The van der Waals surface area contributed by atoms with Gasteiger partial charge in [0.15, 0.2) is 0 Å². The van der Waals surface area contributed by atoms with Gasteiger partial charge >= 0.3 is 0 Å². The maximum absolute atomic E-state index is 4.66. The molecule has 5 nitrogen and oxygen atoms in total. The summed E-state index contributed by atoms with van der Waals surface area (Å²) < 4.78 is 2.03. The van der Waals surface area contributed by atoms with Crippen LogP contribution in [0.3, 0.4) is 0 Å². The van der Waals surface area contributed by atoms with E-state index >= 15 is 0 Å². The SMILES string of the molecule is CN(C)c1ccc(CNc2ccc(-c3cn4ccccc4n3)cc2)cn1. The number of nitrogens with zero attached hydrogens (tertiary/aromatic N) is 4. The first-order valence-corrected chi connectivity index (χ1v) is 8.59. The quantitative estimate of drug-likeness (QED) is 0.593. The largest absolute Gasteiger partial charge is 0.381 e. The van der Waals surface area contributed by atoms with Crippen LogP contribution < -0.4 is 10.2 Å². The number of pyridine rings is 2. The molecule has 5 heteroatoms. The molecule has 3 heterocycles. The molecular formula is C21H21N5. The molecule has 0 aliphatic carbocycles. The summed E-state index contributed by atoms with van der Waals surface area (Å²) in [5.41, 5.74) is 5.27. The number of anilines is 2. The number of fused-ring (bicyclic) bond motifs is 1. The van der Waals surface area contributed by atoms with E-state index in [4.69, 9.17) is 0 Å². The zero-order chi connectivity index (χ0) is 17.9. The van der Waals surface area contributed by atoms with Crippen LogP contribution in [0.4, 0.5) is 11.5 Å². The van der Waals surface area contributed by atoms with Gasteiger partial charge in [-0.15, -0.1) is 0 Å². The second-order valence-electron chi connectivity index (χ2n) is 6.44. The molecule has 0 aliphatic rings. The summed E-state index contributed by atoms with van der Waals surface area (Å²) in [5.74, 6) is 0.963. The molecule has 0 aliphatic heterocycles. The van der Waals surface area contributed by atoms with Gasteiger partial charge in [-0.25, -0.2) is 9.97 Å². The second kappa shape index (κ2) is 6.88. The van der Waals surface area contributed by atoms with Crippen molar-refractivity contribution in [3.8, 4) is 11.3 Å². The lowest BCUT2D eigenvalue weighted by Crippen LogP contribution is -2.10. The van der Waals surface area contributed by atoms with Crippen LogP contribution in [0.2, 0.25) is 0 Å². The summed E-state index contributed by atoms with van der Waals surface area (Å²) >= 11 is 0. The van der Waals surface area contributed by atoms with Gasteiger partial charge in [0.1, 0.15) is 11.5 Å². The number of hydrogen-bond acceptors (Lipinski definition) is 4. The van der Waals surface area contributed by atoms with E-state index in [1.54, 1.807) is 0 Å². The van der Waals surface area contributed by atoms with E-state index in [2.05, 4.69) is 51.8 Å². The standard InChI is InChI=1S/C21H21N5/c1-25(2)20-11-6-16(14-23-20)13-22-18-9-7-17(8-10-18)19-15-26-12-4-3-5-21(26)24-19/h3-12,14-15,22H,13H2,1-2H3. The minimum atomic E-state index is 0.744. The molecule has 0 atom stereocenters. The van der Waals surface area contributed by atoms with Gasteiger partial charge in [0.2, 0.25) is 0 Å². The van der Waals surface area contributed by atoms with Crippen LogP contribution in [0.25, 0.3) is 16.9 Å². The van der Waals surface area contributed by atoms with Crippen molar-refractivity contribution in [1.29, 1.82) is 0 Å². The van der Waals surface area contributed by atoms with Crippen LogP contribution in [0.1, 0.15) is 5.56 Å². The van der Waals surface area contributed by atoms with E-state index < -0.39 is 0 Å². The highest BCUT2D eigenvalue weighted by molar-refractivity contribution is 5.65. The summed E-state index contributed by atoms with van der Waals surface area (Å²) in [7, 11) is 3.98. The Hall–Kier alpha value is -3.34. The number of benzene rings is 1. The lowest BCUT2D eigenvalue weighted by molar-refractivity contribution is 1.04. The van der Waals surface area contributed by atoms with Crippen LogP contribution in [0, 0.1) is 0 Å². The monoisotopic (exact) mass is 343 g/mol. The van der Waals surface area contributed by atoms with Crippen LogP contribution in [0.5, 0.6) is 0 Å². The van der Waals surface area contributed by atoms with E-state index in [-0.39, 0.29) is 0 Å². The fraction of sp³-hybridized carbons (Fsp3) is 0.143. The van der Waals surface area contributed by atoms with E-state index in [9.17, 15) is 0 Å². The maximum Gasteiger partial charge on any atom is 0.137 e. The molecule has 0 bridgehead atoms. The molecule has 1 aromatic carbocycles. The molecule has 4 rings (SSSR count). The summed E-state index contributed by atoms with van der Waals surface area (Å²) in [6, 6.07) is 18.5. The van der Waals surface area contributed by atoms with Crippen LogP contribution in [-0.4, -0.2) is 28.5 Å². The van der Waals surface area contributed by atoms with Crippen molar-refractivity contribution in [2.75, 3.05) is 24.3 Å². The van der Waals surface area contributed by atoms with Crippen LogP contribution in [0.15, 0.2) is 73.2 Å². The van der Waals surface area contributed by atoms with Crippen molar-refractivity contribution in [3.63, 3.8) is 0 Å². The molecule has 0 spiro atoms. The minimum absolute atomic E-state index is 0.744. The first kappa shape index (κ1) is 16.1. The summed E-state index contributed by atoms with van der Waals surface area (Å²) in [6.45, 7) is 0.744. The Kier molecular flexibility index (Phi) is 4.27. The molecule has 0 amide bonds. The van der Waals surface area contributed by atoms with Crippen molar-refractivity contribution in [2.45, 2.75) is 6.54 Å². The summed E-state index contributed by atoms with van der Waals surface area (Å²) in [4.78, 5) is 11.1. The smallest absolute Gasteiger partial charge is 0.137 e. The fourth-order valence-corrected chi connectivity index (χ4v) is 2.82. The van der Waals surface area contributed by atoms with E-state index in [1.807, 2.05) is 60.1 Å². The Balaban J connectivity index is 1.44. The van der Waals surface area contributed by atoms with Gasteiger partial charge in [-0.05, 0) is 35.9 Å². The van der Waals surface area contributed by atoms with Crippen LogP contribution >= 0.6 is 0 Å². The van der Waals surface area contributed by atoms with Crippen LogP contribution in [-0.2, 0) is 6.54 Å². The first-order valence-electron chi connectivity index (χ1n) is 8.59. The van der Waals surface area contributed by atoms with Crippen molar-refractivity contribution >= 4 is 17.2 Å². The zero-order valence-corrected chi connectivity index (χ0v) is 14.9. The minimum Gasteiger partial charge on any atom is -0.381 e. The molecule has 0 saturated heterocycles. The van der Waals surface area contributed by atoms with Gasteiger partial charge in [-0.2, -0.15) is 0 Å². The third-order valence-corrected chi connectivity index (χ3v) is 4.31. The number of aromatic nitrogens is 3. The van der Waals surface area contributed by atoms with Gasteiger partial charge in [0, 0.05) is 50.5 Å². The lowest BCUT2D eigenvalue weighted by Gasteiger charge is -2.12. The Bertz CT molecular complexity index is 968. The summed E-state index contributed by atoms with van der Waals surface area (Å²) in [5, 5.41) is 3.44. The molecule has 0 unspecified atom stereocenters. The number of imidazole rings is 1. The Morgan fingerprint density at radius 2 is 1.85 bits per heavy atom. The first-order chi connectivity index (χ1) is 12.7. The molecule has 0 radical (unpaired) electrons. The van der Waals surface area contributed by atoms with Gasteiger partial charge in [-0.1, -0.05) is 24.3 Å². The number of rotatable bonds is 5. The molecule has 1 N–H and O–H groups in total. The second-order valence-corrected chi connectivity index (χ2v) is 6.44. The lowest BCUT2D eigenvalue weighted by atomic mass is 10.1. The number of hydrogen-bond donors (Lipinski definition) is 1. The maximum atomic E-state index is 4.66. The summed E-state index contributed by atoms with van der Waals surface area (Å²) in [6.07, 6.45) is 5.97. The third kappa shape index (κ3) is 3.37. The van der Waals surface area contributed by atoms with Gasteiger partial charge in [0.05, 0.1) is 5.69 Å². The van der Waals surface area contributed by atoms with E-state index in [1.165, 1.54) is 0 Å². The van der Waals surface area contributed by atoms with E-state index in [0.717, 1.165) is 40.5 Å². The molecule has 3 aromatic heterocycles. The Morgan fingerprint density at radius 3 is 2.54 bits per heavy atom. The van der Waals surface area contributed by atoms with Crippen molar-refractivity contribution in [3.05, 3.63) is 78.8 Å². The van der Waals surface area contributed by atoms with Crippen molar-refractivity contribution in [1.82, 2.24) is 14.4 Å². The normalized spacial score (nSPS) is 10.8. The molecule has 130 valence electrons. The molecular weight excluding hydrogens is 322 g/mol.